The van der Waals surface area contributed by atoms with Crippen LogP contribution >= 0.6 is 0 Å². The quantitative estimate of drug-likeness (QED) is 0.348. The van der Waals surface area contributed by atoms with Crippen molar-refractivity contribution in [1.82, 2.24) is 5.06 Å². The van der Waals surface area contributed by atoms with Gasteiger partial charge in [-0.05, 0) is 0 Å². The molecule has 0 aromatic carbocycles. The lowest BCUT2D eigenvalue weighted by Crippen LogP contribution is -2.30. The fraction of sp³-hybridized carbons (Fsp3) is 0.500. The third-order valence-electron chi connectivity index (χ3n) is 0.467. The first kappa shape index (κ1) is 7.90. The van der Waals surface area contributed by atoms with Gasteiger partial charge in [0.05, 0.1) is 0 Å². The second kappa shape index (κ2) is 3.03. The largest absolute Gasteiger partial charge is 0.415 e. The first-order valence-electron chi connectivity index (χ1n) is 2.23. The van der Waals surface area contributed by atoms with Crippen LogP contribution in [0.25, 0.3) is 0 Å². The molecule has 52 valence electrons. The average Bonchev–Trinajstić information content (AvgIpc) is 1.63. The van der Waals surface area contributed by atoms with Crippen LogP contribution in [0.15, 0.2) is 0 Å². The van der Waals surface area contributed by atoms with Gasteiger partial charge in [0, 0.05) is 14.1 Å². The molecular weight excluding hydrogens is 124 g/mol. The molecule has 0 aromatic rings. The number of amides is 1. The van der Waals surface area contributed by atoms with Gasteiger partial charge in [-0.25, -0.2) is 4.79 Å². The van der Waals surface area contributed by atoms with Crippen LogP contribution in [-0.2, 0) is 14.4 Å². The second-order valence-electron chi connectivity index (χ2n) is 1.56. The lowest BCUT2D eigenvalue weighted by Gasteiger charge is -2.06. The number of primary amides is 1. The minimum atomic E-state index is -1.09. The molecule has 0 aliphatic heterocycles. The highest BCUT2D eigenvalue weighted by Gasteiger charge is 2.10. The van der Waals surface area contributed by atoms with Gasteiger partial charge in [-0.15, -0.1) is 5.06 Å². The van der Waals surface area contributed by atoms with Crippen molar-refractivity contribution >= 4 is 11.9 Å². The van der Waals surface area contributed by atoms with Crippen LogP contribution in [0.5, 0.6) is 0 Å². The zero-order chi connectivity index (χ0) is 7.44. The van der Waals surface area contributed by atoms with Crippen molar-refractivity contribution in [2.45, 2.75) is 0 Å². The molecule has 5 heteroatoms. The highest BCUT2D eigenvalue weighted by atomic mass is 16.7. The fourth-order valence-corrected chi connectivity index (χ4v) is 0.211. The van der Waals surface area contributed by atoms with Crippen LogP contribution in [0.4, 0.5) is 0 Å². The molecule has 0 aliphatic rings. The molecule has 0 radical (unpaired) electrons. The normalized spacial score (nSPS) is 9.22. The van der Waals surface area contributed by atoms with E-state index in [1.807, 2.05) is 0 Å². The SMILES string of the molecule is CN(C)OC(=O)C(N)=O. The topological polar surface area (TPSA) is 72.6 Å². The lowest BCUT2D eigenvalue weighted by molar-refractivity contribution is -0.181. The first-order chi connectivity index (χ1) is 4.04. The smallest absolute Gasteiger partial charge is 0.361 e. The van der Waals surface area contributed by atoms with E-state index >= 15 is 0 Å². The number of rotatable bonds is 1. The van der Waals surface area contributed by atoms with Gasteiger partial charge in [0.2, 0.25) is 0 Å². The molecule has 0 aromatic heterocycles. The standard InChI is InChI=1S/C4H8N2O3/c1-6(2)9-4(8)3(5)7/h1-2H3,(H2,5,7). The van der Waals surface area contributed by atoms with Crippen molar-refractivity contribution in [3.05, 3.63) is 0 Å². The third-order valence-corrected chi connectivity index (χ3v) is 0.467. The molecule has 0 unspecified atom stereocenters. The molecule has 0 saturated heterocycles. The van der Waals surface area contributed by atoms with E-state index in [2.05, 4.69) is 10.6 Å². The molecule has 5 nitrogen and oxygen atoms in total. The van der Waals surface area contributed by atoms with Crippen LogP contribution in [0, 0.1) is 0 Å². The van der Waals surface area contributed by atoms with Crippen molar-refractivity contribution < 1.29 is 14.4 Å². The number of carbonyl (C=O) groups excluding carboxylic acids is 2. The van der Waals surface area contributed by atoms with Crippen molar-refractivity contribution in [2.24, 2.45) is 5.73 Å². The second-order valence-corrected chi connectivity index (χ2v) is 1.56. The van der Waals surface area contributed by atoms with Crippen LogP contribution in [0.2, 0.25) is 0 Å². The summed E-state index contributed by atoms with van der Waals surface area (Å²) in [4.78, 5) is 24.4. The highest BCUT2D eigenvalue weighted by molar-refractivity contribution is 6.31. The van der Waals surface area contributed by atoms with Gasteiger partial charge in [0.1, 0.15) is 0 Å². The van der Waals surface area contributed by atoms with Crippen molar-refractivity contribution in [3.8, 4) is 0 Å². The fourth-order valence-electron chi connectivity index (χ4n) is 0.211. The number of nitrogens with two attached hydrogens (primary N) is 1. The van der Waals surface area contributed by atoms with E-state index in [0.717, 1.165) is 5.06 Å². The van der Waals surface area contributed by atoms with E-state index in [9.17, 15) is 9.59 Å². The number of carbonyl (C=O) groups is 2. The zero-order valence-corrected chi connectivity index (χ0v) is 5.25. The van der Waals surface area contributed by atoms with Gasteiger partial charge in [-0.2, -0.15) is 0 Å². The van der Waals surface area contributed by atoms with Gasteiger partial charge in [-0.3, -0.25) is 4.79 Å². The van der Waals surface area contributed by atoms with Crippen LogP contribution in [0.3, 0.4) is 0 Å². The van der Waals surface area contributed by atoms with Gasteiger partial charge in [0.25, 0.3) is 0 Å². The van der Waals surface area contributed by atoms with Gasteiger partial charge in [0.15, 0.2) is 0 Å². The molecule has 0 fully saturated rings. The molecule has 0 heterocycles. The van der Waals surface area contributed by atoms with E-state index in [1.165, 1.54) is 14.1 Å². The van der Waals surface area contributed by atoms with Gasteiger partial charge < -0.3 is 10.6 Å². The van der Waals surface area contributed by atoms with E-state index in [4.69, 9.17) is 0 Å². The molecule has 0 rings (SSSR count). The van der Waals surface area contributed by atoms with Crippen LogP contribution < -0.4 is 5.73 Å². The van der Waals surface area contributed by atoms with Gasteiger partial charge in [-0.1, -0.05) is 0 Å². The van der Waals surface area contributed by atoms with E-state index in [-0.39, 0.29) is 0 Å². The minimum Gasteiger partial charge on any atom is -0.361 e. The Morgan fingerprint density at radius 3 is 2.00 bits per heavy atom. The summed E-state index contributed by atoms with van der Waals surface area (Å²) in [6.45, 7) is 0. The Bertz CT molecular complexity index is 132. The Hall–Kier alpha value is -1.10. The Kier molecular flexibility index (Phi) is 2.66. The van der Waals surface area contributed by atoms with E-state index in [0.29, 0.717) is 0 Å². The molecule has 0 spiro atoms. The summed E-state index contributed by atoms with van der Waals surface area (Å²) in [5, 5.41) is 1.09. The Balaban J connectivity index is 3.65. The number of nitrogens with zero attached hydrogens (tertiary/aromatic N) is 1. The first-order valence-corrected chi connectivity index (χ1v) is 2.23. The summed E-state index contributed by atoms with van der Waals surface area (Å²) < 4.78 is 0. The minimum absolute atomic E-state index is 1.06. The molecule has 0 atom stereocenters. The average molecular weight is 132 g/mol. The van der Waals surface area contributed by atoms with Crippen LogP contribution in [0.1, 0.15) is 0 Å². The Morgan fingerprint density at radius 2 is 1.89 bits per heavy atom. The summed E-state index contributed by atoms with van der Waals surface area (Å²) >= 11 is 0. The molecule has 9 heavy (non-hydrogen) atoms. The van der Waals surface area contributed by atoms with E-state index < -0.39 is 11.9 Å². The molecule has 1 amide bonds. The molecule has 0 saturated carbocycles. The summed E-state index contributed by atoms with van der Waals surface area (Å²) in [5.74, 6) is -2.15. The molecule has 0 bridgehead atoms. The summed E-state index contributed by atoms with van der Waals surface area (Å²) in [6, 6.07) is 0. The predicted molar refractivity (Wildman–Crippen MR) is 29.0 cm³/mol. The van der Waals surface area contributed by atoms with E-state index in [1.54, 1.807) is 0 Å². The number of hydrogen-bond donors (Lipinski definition) is 1. The maximum Gasteiger partial charge on any atom is 0.415 e. The molecular formula is C4H8N2O3. The lowest BCUT2D eigenvalue weighted by atomic mass is 10.7. The maximum absolute atomic E-state index is 10.2. The summed E-state index contributed by atoms with van der Waals surface area (Å²) in [6.07, 6.45) is 0. The Morgan fingerprint density at radius 1 is 1.44 bits per heavy atom. The maximum atomic E-state index is 10.2. The Labute approximate surface area is 52.3 Å². The predicted octanol–water partition coefficient (Wildman–Crippen LogP) is -1.51. The zero-order valence-electron chi connectivity index (χ0n) is 5.25. The van der Waals surface area contributed by atoms with Gasteiger partial charge >= 0.3 is 11.9 Å². The molecule has 0 aliphatic carbocycles. The molecule has 2 N–H and O–H groups in total. The van der Waals surface area contributed by atoms with Crippen molar-refractivity contribution in [1.29, 1.82) is 0 Å². The number of hydrogen-bond acceptors (Lipinski definition) is 4. The third kappa shape index (κ3) is 3.48. The summed E-state index contributed by atoms with van der Waals surface area (Å²) in [7, 11) is 2.95. The van der Waals surface area contributed by atoms with Crippen molar-refractivity contribution in [2.75, 3.05) is 14.1 Å². The van der Waals surface area contributed by atoms with Crippen LogP contribution in [-0.4, -0.2) is 31.0 Å². The summed E-state index contributed by atoms with van der Waals surface area (Å²) in [5.41, 5.74) is 4.54. The number of hydroxylamine groups is 2. The highest BCUT2D eigenvalue weighted by Crippen LogP contribution is 1.78. The van der Waals surface area contributed by atoms with Crippen molar-refractivity contribution in [3.63, 3.8) is 0 Å². The monoisotopic (exact) mass is 132 g/mol.